The number of benzene rings is 1. The third-order valence-electron chi connectivity index (χ3n) is 4.01. The number of carbonyl (C=O) groups excluding carboxylic acids is 1. The maximum Gasteiger partial charge on any atom is 0.338 e. The van der Waals surface area contributed by atoms with Crippen LogP contribution in [-0.4, -0.2) is 28.2 Å². The lowest BCUT2D eigenvalue weighted by atomic mass is 10.1. The zero-order chi connectivity index (χ0) is 17.1. The standard InChI is InChI=1S/C17H18N2O5/c1-11-4-2-3-5-13(11)16(21)23-10-12-6-7-15(24-12)19-9-8-14(20)18-17(19)22/h2-5,8-9,12,15H,6-7,10H2,1H3,(H,18,20,22). The average Bonchev–Trinajstić information content (AvgIpc) is 3.01. The van der Waals surface area contributed by atoms with Crippen LogP contribution in [0.1, 0.15) is 35.0 Å². The summed E-state index contributed by atoms with van der Waals surface area (Å²) < 4.78 is 12.4. The Labute approximate surface area is 137 Å². The number of rotatable bonds is 4. The van der Waals surface area contributed by atoms with Crippen molar-refractivity contribution in [3.8, 4) is 0 Å². The minimum absolute atomic E-state index is 0.127. The third-order valence-corrected chi connectivity index (χ3v) is 4.01. The number of carbonyl (C=O) groups is 1. The van der Waals surface area contributed by atoms with E-state index in [4.69, 9.17) is 9.47 Å². The van der Waals surface area contributed by atoms with Crippen molar-refractivity contribution in [2.75, 3.05) is 6.61 Å². The van der Waals surface area contributed by atoms with Gasteiger partial charge in [-0.2, -0.15) is 0 Å². The van der Waals surface area contributed by atoms with Gasteiger partial charge in [-0.05, 0) is 31.4 Å². The summed E-state index contributed by atoms with van der Waals surface area (Å²) in [5.41, 5.74) is 0.430. The van der Waals surface area contributed by atoms with Gasteiger partial charge in [0.15, 0.2) is 0 Å². The van der Waals surface area contributed by atoms with Crippen LogP contribution in [0.3, 0.4) is 0 Å². The molecular weight excluding hydrogens is 312 g/mol. The maximum absolute atomic E-state index is 12.1. The number of ether oxygens (including phenoxy) is 2. The molecule has 1 aromatic heterocycles. The molecule has 24 heavy (non-hydrogen) atoms. The van der Waals surface area contributed by atoms with Crippen LogP contribution in [0.15, 0.2) is 46.1 Å². The summed E-state index contributed by atoms with van der Waals surface area (Å²) in [5.74, 6) is -0.388. The molecule has 2 aromatic rings. The fourth-order valence-corrected chi connectivity index (χ4v) is 2.72. The number of aryl methyl sites for hydroxylation is 1. The lowest BCUT2D eigenvalue weighted by Crippen LogP contribution is -2.31. The first-order valence-electron chi connectivity index (χ1n) is 7.74. The van der Waals surface area contributed by atoms with Crippen molar-refractivity contribution in [3.05, 3.63) is 68.5 Å². The fraction of sp³-hybridized carbons (Fsp3) is 0.353. The molecule has 1 saturated heterocycles. The van der Waals surface area contributed by atoms with Crippen LogP contribution in [0.4, 0.5) is 0 Å². The van der Waals surface area contributed by atoms with E-state index in [-0.39, 0.29) is 18.7 Å². The molecule has 1 fully saturated rings. The molecule has 2 unspecified atom stereocenters. The minimum atomic E-state index is -0.509. The smallest absolute Gasteiger partial charge is 0.338 e. The van der Waals surface area contributed by atoms with Gasteiger partial charge >= 0.3 is 11.7 Å². The van der Waals surface area contributed by atoms with Crippen molar-refractivity contribution >= 4 is 5.97 Å². The van der Waals surface area contributed by atoms with Gasteiger partial charge < -0.3 is 9.47 Å². The Bertz CT molecular complexity index is 854. The Kier molecular flexibility index (Phi) is 4.61. The molecule has 3 rings (SSSR count). The van der Waals surface area contributed by atoms with Crippen LogP contribution in [0.2, 0.25) is 0 Å². The maximum atomic E-state index is 12.1. The second-order valence-corrected chi connectivity index (χ2v) is 5.72. The zero-order valence-corrected chi connectivity index (χ0v) is 13.2. The van der Waals surface area contributed by atoms with Crippen LogP contribution in [-0.2, 0) is 9.47 Å². The number of esters is 1. The molecule has 0 saturated carbocycles. The highest BCUT2D eigenvalue weighted by Crippen LogP contribution is 2.27. The van der Waals surface area contributed by atoms with Crippen molar-refractivity contribution in [2.24, 2.45) is 0 Å². The van der Waals surface area contributed by atoms with Crippen LogP contribution in [0.25, 0.3) is 0 Å². The van der Waals surface area contributed by atoms with E-state index >= 15 is 0 Å². The summed E-state index contributed by atoms with van der Waals surface area (Å²) in [4.78, 5) is 37.1. The second kappa shape index (κ2) is 6.84. The highest BCUT2D eigenvalue weighted by atomic mass is 16.6. The van der Waals surface area contributed by atoms with Crippen LogP contribution >= 0.6 is 0 Å². The molecule has 0 aliphatic carbocycles. The highest BCUT2D eigenvalue weighted by Gasteiger charge is 2.28. The Morgan fingerprint density at radius 3 is 2.83 bits per heavy atom. The number of aromatic nitrogens is 2. The molecule has 1 aliphatic heterocycles. The SMILES string of the molecule is Cc1ccccc1C(=O)OCC1CCC(n2ccc(=O)[nH]c2=O)O1. The number of aromatic amines is 1. The Hall–Kier alpha value is -2.67. The summed E-state index contributed by atoms with van der Waals surface area (Å²) in [6.45, 7) is 1.98. The average molecular weight is 330 g/mol. The van der Waals surface area contributed by atoms with Gasteiger partial charge in [0, 0.05) is 12.3 Å². The molecule has 126 valence electrons. The molecule has 7 heteroatoms. The first-order chi connectivity index (χ1) is 11.5. The van der Waals surface area contributed by atoms with Crippen LogP contribution in [0, 0.1) is 6.92 Å². The van der Waals surface area contributed by atoms with Gasteiger partial charge in [-0.1, -0.05) is 18.2 Å². The van der Waals surface area contributed by atoms with E-state index in [1.165, 1.54) is 16.8 Å². The predicted octanol–water partition coefficient (Wildman–Crippen LogP) is 1.38. The molecule has 1 aromatic carbocycles. The Balaban J connectivity index is 1.59. The van der Waals surface area contributed by atoms with E-state index in [1.54, 1.807) is 12.1 Å². The van der Waals surface area contributed by atoms with Crippen molar-refractivity contribution in [1.82, 2.24) is 9.55 Å². The predicted molar refractivity (Wildman–Crippen MR) is 85.9 cm³/mol. The van der Waals surface area contributed by atoms with Gasteiger partial charge in [0.1, 0.15) is 12.8 Å². The van der Waals surface area contributed by atoms with Gasteiger partial charge in [-0.15, -0.1) is 0 Å². The van der Waals surface area contributed by atoms with Crippen molar-refractivity contribution in [3.63, 3.8) is 0 Å². The monoisotopic (exact) mass is 330 g/mol. The third kappa shape index (κ3) is 3.46. The molecular formula is C17H18N2O5. The van der Waals surface area contributed by atoms with Gasteiger partial charge in [-0.3, -0.25) is 14.3 Å². The van der Waals surface area contributed by atoms with Gasteiger partial charge in [-0.25, -0.2) is 9.59 Å². The normalized spacial score (nSPS) is 20.0. The summed E-state index contributed by atoms with van der Waals surface area (Å²) in [6.07, 6.45) is 1.95. The summed E-state index contributed by atoms with van der Waals surface area (Å²) in [6, 6.07) is 8.49. The van der Waals surface area contributed by atoms with Gasteiger partial charge in [0.25, 0.3) is 5.56 Å². The summed E-state index contributed by atoms with van der Waals surface area (Å²) in [5, 5.41) is 0. The Morgan fingerprint density at radius 2 is 2.08 bits per heavy atom. The molecule has 0 spiro atoms. The number of hydrogen-bond donors (Lipinski definition) is 1. The number of hydrogen-bond acceptors (Lipinski definition) is 5. The first kappa shape index (κ1) is 16.2. The largest absolute Gasteiger partial charge is 0.459 e. The minimum Gasteiger partial charge on any atom is -0.459 e. The fourth-order valence-electron chi connectivity index (χ4n) is 2.72. The van der Waals surface area contributed by atoms with E-state index < -0.39 is 17.5 Å². The number of H-pyrrole nitrogens is 1. The van der Waals surface area contributed by atoms with Crippen LogP contribution < -0.4 is 11.2 Å². The first-order valence-corrected chi connectivity index (χ1v) is 7.74. The van der Waals surface area contributed by atoms with Crippen LogP contribution in [0.5, 0.6) is 0 Å². The van der Waals surface area contributed by atoms with E-state index in [2.05, 4.69) is 4.98 Å². The van der Waals surface area contributed by atoms with Crippen molar-refractivity contribution in [1.29, 1.82) is 0 Å². The zero-order valence-electron chi connectivity index (χ0n) is 13.2. The number of nitrogens with zero attached hydrogens (tertiary/aromatic N) is 1. The van der Waals surface area contributed by atoms with E-state index in [0.29, 0.717) is 18.4 Å². The second-order valence-electron chi connectivity index (χ2n) is 5.72. The molecule has 2 heterocycles. The van der Waals surface area contributed by atoms with Gasteiger partial charge in [0.2, 0.25) is 0 Å². The molecule has 0 radical (unpaired) electrons. The molecule has 7 nitrogen and oxygen atoms in total. The molecule has 0 amide bonds. The quantitative estimate of drug-likeness (QED) is 0.855. The lowest BCUT2D eigenvalue weighted by Gasteiger charge is -2.15. The molecule has 1 aliphatic rings. The number of nitrogens with one attached hydrogen (secondary N) is 1. The van der Waals surface area contributed by atoms with E-state index in [0.717, 1.165) is 5.56 Å². The highest BCUT2D eigenvalue weighted by molar-refractivity contribution is 5.90. The molecule has 2 atom stereocenters. The topological polar surface area (TPSA) is 90.4 Å². The molecule has 0 bridgehead atoms. The van der Waals surface area contributed by atoms with Gasteiger partial charge in [0.05, 0.1) is 11.7 Å². The van der Waals surface area contributed by atoms with E-state index in [9.17, 15) is 14.4 Å². The lowest BCUT2D eigenvalue weighted by molar-refractivity contribution is -0.0340. The van der Waals surface area contributed by atoms with Crippen molar-refractivity contribution < 1.29 is 14.3 Å². The molecule has 1 N–H and O–H groups in total. The van der Waals surface area contributed by atoms with Crippen molar-refractivity contribution in [2.45, 2.75) is 32.1 Å². The van der Waals surface area contributed by atoms with E-state index in [1.807, 2.05) is 19.1 Å². The summed E-state index contributed by atoms with van der Waals surface area (Å²) in [7, 11) is 0. The Morgan fingerprint density at radius 1 is 1.29 bits per heavy atom. The summed E-state index contributed by atoms with van der Waals surface area (Å²) >= 11 is 0.